The van der Waals surface area contributed by atoms with E-state index in [4.69, 9.17) is 4.74 Å². The van der Waals surface area contributed by atoms with Crippen LogP contribution >= 0.6 is 0 Å². The maximum absolute atomic E-state index is 11.8. The average molecular weight is 264 g/mol. The summed E-state index contributed by atoms with van der Waals surface area (Å²) >= 11 is 0. The maximum Gasteiger partial charge on any atom is 0.213 e. The van der Waals surface area contributed by atoms with Gasteiger partial charge >= 0.3 is 0 Å². The molecule has 1 rings (SSSR count). The molecule has 0 saturated carbocycles. The molecule has 0 amide bonds. The fourth-order valence-corrected chi connectivity index (χ4v) is 2.78. The molecule has 1 fully saturated rings. The Morgan fingerprint density at radius 2 is 2.06 bits per heavy atom. The number of hydrogen-bond acceptors (Lipinski definition) is 4. The summed E-state index contributed by atoms with van der Waals surface area (Å²) in [6.45, 7) is 10.0. The summed E-state index contributed by atoms with van der Waals surface area (Å²) in [6, 6.07) is 0. The van der Waals surface area contributed by atoms with Gasteiger partial charge in [-0.05, 0) is 27.7 Å². The van der Waals surface area contributed by atoms with Crippen LogP contribution in [0.4, 0.5) is 0 Å². The summed E-state index contributed by atoms with van der Waals surface area (Å²) in [4.78, 5) is 0. The van der Waals surface area contributed by atoms with E-state index in [1.54, 1.807) is 6.92 Å². The van der Waals surface area contributed by atoms with Gasteiger partial charge in [0, 0.05) is 25.2 Å². The Kier molecular flexibility index (Phi) is 4.95. The van der Waals surface area contributed by atoms with E-state index < -0.39 is 10.0 Å². The molecule has 1 atom stereocenters. The molecule has 1 saturated heterocycles. The van der Waals surface area contributed by atoms with E-state index in [2.05, 4.69) is 26.1 Å². The molecular formula is C11H24N2O3S. The van der Waals surface area contributed by atoms with Crippen molar-refractivity contribution >= 4 is 10.0 Å². The van der Waals surface area contributed by atoms with E-state index in [1.807, 2.05) is 0 Å². The minimum absolute atomic E-state index is 0.0231. The summed E-state index contributed by atoms with van der Waals surface area (Å²) in [5.74, 6) is 0.159. The molecular weight excluding hydrogens is 240 g/mol. The minimum atomic E-state index is -3.08. The number of nitrogens with one attached hydrogen (secondary N) is 1. The topological polar surface area (TPSA) is 58.6 Å². The summed E-state index contributed by atoms with van der Waals surface area (Å²) < 4.78 is 30.6. The van der Waals surface area contributed by atoms with Crippen molar-refractivity contribution in [2.24, 2.45) is 0 Å². The Hall–Kier alpha value is -0.170. The van der Waals surface area contributed by atoms with Gasteiger partial charge in [0.2, 0.25) is 10.0 Å². The molecule has 1 heterocycles. The first-order chi connectivity index (χ1) is 7.74. The number of nitrogens with zero attached hydrogens (tertiary/aromatic N) is 1. The van der Waals surface area contributed by atoms with Gasteiger partial charge in [0.25, 0.3) is 0 Å². The average Bonchev–Trinajstić information content (AvgIpc) is 2.26. The van der Waals surface area contributed by atoms with Crippen LogP contribution in [-0.4, -0.2) is 56.4 Å². The molecule has 0 aromatic heterocycles. The van der Waals surface area contributed by atoms with Gasteiger partial charge in [-0.1, -0.05) is 0 Å². The van der Waals surface area contributed by atoms with Crippen molar-refractivity contribution in [1.29, 1.82) is 0 Å². The lowest BCUT2D eigenvalue weighted by atomic mass is 10.1. The van der Waals surface area contributed by atoms with Crippen LogP contribution in [0.3, 0.4) is 0 Å². The van der Waals surface area contributed by atoms with E-state index in [-0.39, 0.29) is 17.4 Å². The predicted molar refractivity (Wildman–Crippen MR) is 68.5 cm³/mol. The van der Waals surface area contributed by atoms with E-state index in [9.17, 15) is 8.42 Å². The lowest BCUT2D eigenvalue weighted by Crippen LogP contribution is -2.51. The summed E-state index contributed by atoms with van der Waals surface area (Å²) in [6.07, 6.45) is -0.0516. The van der Waals surface area contributed by atoms with Crippen LogP contribution in [0, 0.1) is 0 Å². The SMILES string of the molecule is CCS(=O)(=O)N1CCOC(CNC(C)(C)C)C1. The second-order valence-electron chi connectivity index (χ2n) is 5.38. The quantitative estimate of drug-likeness (QED) is 0.800. The molecule has 0 aliphatic carbocycles. The third-order valence-corrected chi connectivity index (χ3v) is 4.57. The number of sulfonamides is 1. The molecule has 6 heteroatoms. The molecule has 102 valence electrons. The first kappa shape index (κ1) is 14.9. The Labute approximate surface area is 105 Å². The smallest absolute Gasteiger partial charge is 0.213 e. The fraction of sp³-hybridized carbons (Fsp3) is 1.00. The van der Waals surface area contributed by atoms with Crippen LogP contribution in [0.5, 0.6) is 0 Å². The van der Waals surface area contributed by atoms with Crippen LogP contribution in [0.25, 0.3) is 0 Å². The minimum Gasteiger partial charge on any atom is -0.374 e. The Bertz CT molecular complexity index is 335. The Morgan fingerprint density at radius 3 is 2.59 bits per heavy atom. The molecule has 0 radical (unpaired) electrons. The standard InChI is InChI=1S/C11H24N2O3S/c1-5-17(14,15)13-6-7-16-10(9-13)8-12-11(2,3)4/h10,12H,5-9H2,1-4H3. The molecule has 0 aromatic carbocycles. The van der Waals surface area contributed by atoms with Crippen LogP contribution in [0.2, 0.25) is 0 Å². The predicted octanol–water partition coefficient (Wildman–Crippen LogP) is 0.425. The molecule has 0 spiro atoms. The van der Waals surface area contributed by atoms with Crippen molar-refractivity contribution in [3.8, 4) is 0 Å². The highest BCUT2D eigenvalue weighted by atomic mass is 32.2. The number of ether oxygens (including phenoxy) is 1. The van der Waals surface area contributed by atoms with Crippen molar-refractivity contribution in [3.05, 3.63) is 0 Å². The van der Waals surface area contributed by atoms with E-state index in [0.717, 1.165) is 0 Å². The van der Waals surface area contributed by atoms with Crippen molar-refractivity contribution in [2.45, 2.75) is 39.3 Å². The van der Waals surface area contributed by atoms with Gasteiger partial charge in [-0.15, -0.1) is 0 Å². The van der Waals surface area contributed by atoms with Crippen molar-refractivity contribution in [3.63, 3.8) is 0 Å². The fourth-order valence-electron chi connectivity index (χ4n) is 1.67. The van der Waals surface area contributed by atoms with Gasteiger partial charge in [-0.3, -0.25) is 0 Å². The zero-order chi connectivity index (χ0) is 13.1. The number of hydrogen-bond donors (Lipinski definition) is 1. The highest BCUT2D eigenvalue weighted by Gasteiger charge is 2.28. The largest absolute Gasteiger partial charge is 0.374 e. The Morgan fingerprint density at radius 1 is 1.41 bits per heavy atom. The molecule has 1 aliphatic heterocycles. The van der Waals surface area contributed by atoms with Crippen molar-refractivity contribution in [1.82, 2.24) is 9.62 Å². The van der Waals surface area contributed by atoms with E-state index in [0.29, 0.717) is 26.2 Å². The van der Waals surface area contributed by atoms with E-state index in [1.165, 1.54) is 4.31 Å². The summed E-state index contributed by atoms with van der Waals surface area (Å²) in [7, 11) is -3.08. The highest BCUT2D eigenvalue weighted by Crippen LogP contribution is 2.11. The van der Waals surface area contributed by atoms with Gasteiger partial charge in [0.05, 0.1) is 18.5 Å². The summed E-state index contributed by atoms with van der Waals surface area (Å²) in [5, 5.41) is 3.34. The van der Waals surface area contributed by atoms with Gasteiger partial charge in [0.1, 0.15) is 0 Å². The van der Waals surface area contributed by atoms with E-state index >= 15 is 0 Å². The van der Waals surface area contributed by atoms with Crippen molar-refractivity contribution in [2.75, 3.05) is 32.0 Å². The van der Waals surface area contributed by atoms with Crippen LogP contribution in [0.15, 0.2) is 0 Å². The number of rotatable bonds is 4. The molecule has 1 unspecified atom stereocenters. The second-order valence-corrected chi connectivity index (χ2v) is 7.64. The lowest BCUT2D eigenvalue weighted by molar-refractivity contribution is -0.00296. The molecule has 5 nitrogen and oxygen atoms in total. The van der Waals surface area contributed by atoms with Gasteiger partial charge in [-0.25, -0.2) is 8.42 Å². The second kappa shape index (κ2) is 5.65. The molecule has 0 bridgehead atoms. The summed E-state index contributed by atoms with van der Waals surface area (Å²) in [5.41, 5.74) is 0.0231. The highest BCUT2D eigenvalue weighted by molar-refractivity contribution is 7.89. The van der Waals surface area contributed by atoms with Gasteiger partial charge in [-0.2, -0.15) is 4.31 Å². The van der Waals surface area contributed by atoms with Crippen LogP contribution in [-0.2, 0) is 14.8 Å². The van der Waals surface area contributed by atoms with Crippen LogP contribution < -0.4 is 5.32 Å². The molecule has 0 aromatic rings. The first-order valence-electron chi connectivity index (χ1n) is 6.09. The molecule has 1 N–H and O–H groups in total. The third-order valence-electron chi connectivity index (χ3n) is 2.72. The normalized spacial score (nSPS) is 23.9. The van der Waals surface area contributed by atoms with Crippen molar-refractivity contribution < 1.29 is 13.2 Å². The monoisotopic (exact) mass is 264 g/mol. The Balaban J connectivity index is 2.50. The van der Waals surface area contributed by atoms with Gasteiger partial charge in [0.15, 0.2) is 0 Å². The zero-order valence-electron chi connectivity index (χ0n) is 11.2. The number of morpholine rings is 1. The lowest BCUT2D eigenvalue weighted by Gasteiger charge is -2.33. The van der Waals surface area contributed by atoms with Crippen LogP contribution in [0.1, 0.15) is 27.7 Å². The maximum atomic E-state index is 11.8. The third kappa shape index (κ3) is 4.91. The molecule has 1 aliphatic rings. The first-order valence-corrected chi connectivity index (χ1v) is 7.70. The molecule has 17 heavy (non-hydrogen) atoms. The van der Waals surface area contributed by atoms with Gasteiger partial charge < -0.3 is 10.1 Å². The zero-order valence-corrected chi connectivity index (χ0v) is 12.0.